The van der Waals surface area contributed by atoms with E-state index in [1.165, 1.54) is 6.26 Å². The van der Waals surface area contributed by atoms with E-state index in [0.717, 1.165) is 0 Å². The van der Waals surface area contributed by atoms with Crippen molar-refractivity contribution in [2.75, 3.05) is 12.0 Å². The number of urea groups is 1. The van der Waals surface area contributed by atoms with Gasteiger partial charge in [0.1, 0.15) is 9.84 Å². The van der Waals surface area contributed by atoms with Crippen molar-refractivity contribution in [1.29, 1.82) is 0 Å². The van der Waals surface area contributed by atoms with Crippen LogP contribution in [0.4, 0.5) is 4.79 Å². The Hall–Kier alpha value is -1.22. The molecule has 6 heteroatoms. The summed E-state index contributed by atoms with van der Waals surface area (Å²) >= 11 is 0. The molecule has 0 spiro atoms. The van der Waals surface area contributed by atoms with Crippen LogP contribution >= 0.6 is 0 Å². The molecule has 0 aliphatic heterocycles. The first-order valence-electron chi connectivity index (χ1n) is 5.86. The second-order valence-corrected chi connectivity index (χ2v) is 7.09. The second-order valence-electron chi connectivity index (χ2n) is 4.83. The molecule has 0 aromatic heterocycles. The molecule has 0 saturated heterocycles. The van der Waals surface area contributed by atoms with Crippen molar-refractivity contribution < 1.29 is 13.2 Å². The van der Waals surface area contributed by atoms with E-state index >= 15 is 0 Å². The van der Waals surface area contributed by atoms with Crippen molar-refractivity contribution >= 4 is 15.9 Å². The Morgan fingerprint density at radius 3 is 2.22 bits per heavy atom. The number of nitrogens with one attached hydrogen (secondary N) is 2. The van der Waals surface area contributed by atoms with Crippen LogP contribution in [0, 0.1) is 18.3 Å². The van der Waals surface area contributed by atoms with E-state index in [-0.39, 0.29) is 29.8 Å². The van der Waals surface area contributed by atoms with E-state index in [0.29, 0.717) is 6.42 Å². The summed E-state index contributed by atoms with van der Waals surface area (Å²) in [6.07, 6.45) is 6.85. The summed E-state index contributed by atoms with van der Waals surface area (Å²) in [5, 5.41) is 5.32. The Morgan fingerprint density at radius 2 is 1.83 bits per heavy atom. The van der Waals surface area contributed by atoms with Gasteiger partial charge in [-0.15, -0.1) is 6.42 Å². The van der Waals surface area contributed by atoms with Crippen LogP contribution < -0.4 is 10.6 Å². The number of amides is 2. The Balaban J connectivity index is 4.13. The average Bonchev–Trinajstić information content (AvgIpc) is 2.21. The number of carbonyl (C=O) groups is 1. The molecule has 18 heavy (non-hydrogen) atoms. The Bertz CT molecular complexity index is 410. The zero-order valence-corrected chi connectivity index (χ0v) is 12.2. The van der Waals surface area contributed by atoms with Crippen LogP contribution in [-0.4, -0.2) is 38.5 Å². The van der Waals surface area contributed by atoms with Gasteiger partial charge in [-0.05, 0) is 19.3 Å². The van der Waals surface area contributed by atoms with Gasteiger partial charge in [0.2, 0.25) is 0 Å². The van der Waals surface area contributed by atoms with Crippen molar-refractivity contribution in [2.24, 2.45) is 5.92 Å². The van der Waals surface area contributed by atoms with E-state index in [4.69, 9.17) is 6.42 Å². The highest BCUT2D eigenvalue weighted by atomic mass is 32.2. The van der Waals surface area contributed by atoms with Gasteiger partial charge in [0, 0.05) is 12.3 Å². The molecule has 5 nitrogen and oxygen atoms in total. The van der Waals surface area contributed by atoms with Crippen LogP contribution in [0.3, 0.4) is 0 Å². The minimum absolute atomic E-state index is 0.0528. The number of terminal acetylenes is 1. The van der Waals surface area contributed by atoms with Gasteiger partial charge in [-0.3, -0.25) is 0 Å². The fraction of sp³-hybridized carbons (Fsp3) is 0.750. The van der Waals surface area contributed by atoms with Crippen molar-refractivity contribution in [1.82, 2.24) is 10.6 Å². The summed E-state index contributed by atoms with van der Waals surface area (Å²) in [5.74, 6) is 2.69. The lowest BCUT2D eigenvalue weighted by atomic mass is 10.1. The van der Waals surface area contributed by atoms with E-state index in [1.807, 2.05) is 13.8 Å². The second kappa shape index (κ2) is 7.27. The molecule has 0 aromatic rings. The third kappa shape index (κ3) is 7.96. The fourth-order valence-electron chi connectivity index (χ4n) is 1.27. The Morgan fingerprint density at radius 1 is 1.28 bits per heavy atom. The molecule has 2 amide bonds. The quantitative estimate of drug-likeness (QED) is 0.702. The van der Waals surface area contributed by atoms with Gasteiger partial charge in [0.05, 0.1) is 11.8 Å². The topological polar surface area (TPSA) is 75.3 Å². The van der Waals surface area contributed by atoms with Crippen LogP contribution in [0.5, 0.6) is 0 Å². The highest BCUT2D eigenvalue weighted by molar-refractivity contribution is 7.90. The molecule has 0 radical (unpaired) electrons. The molecule has 0 rings (SSSR count). The SMILES string of the molecule is C#C[C@H](NC(=O)N[C@@H](C)CCS(C)(=O)=O)C(C)C. The molecule has 0 aromatic carbocycles. The van der Waals surface area contributed by atoms with Crippen LogP contribution in [0.2, 0.25) is 0 Å². The molecule has 0 bridgehead atoms. The first-order chi connectivity index (χ1) is 8.15. The maximum Gasteiger partial charge on any atom is 0.315 e. The van der Waals surface area contributed by atoms with Gasteiger partial charge in [0.15, 0.2) is 0 Å². The number of carbonyl (C=O) groups excluding carboxylic acids is 1. The monoisotopic (exact) mass is 274 g/mol. The van der Waals surface area contributed by atoms with Crippen molar-refractivity contribution in [2.45, 2.75) is 39.3 Å². The van der Waals surface area contributed by atoms with E-state index in [1.54, 1.807) is 6.92 Å². The van der Waals surface area contributed by atoms with Gasteiger partial charge in [-0.1, -0.05) is 19.8 Å². The van der Waals surface area contributed by atoms with Gasteiger partial charge in [-0.25, -0.2) is 13.2 Å². The number of hydrogen-bond acceptors (Lipinski definition) is 3. The third-order valence-electron chi connectivity index (χ3n) is 2.43. The van der Waals surface area contributed by atoms with Crippen LogP contribution in [0.25, 0.3) is 0 Å². The predicted octanol–water partition coefficient (Wildman–Crippen LogP) is 0.767. The highest BCUT2D eigenvalue weighted by Gasteiger charge is 2.15. The van der Waals surface area contributed by atoms with Crippen molar-refractivity contribution in [3.63, 3.8) is 0 Å². The average molecular weight is 274 g/mol. The Labute approximate surface area is 110 Å². The van der Waals surface area contributed by atoms with Crippen molar-refractivity contribution in [3.05, 3.63) is 0 Å². The Kier molecular flexibility index (Phi) is 6.77. The summed E-state index contributed by atoms with van der Waals surface area (Å²) in [7, 11) is -3.00. The van der Waals surface area contributed by atoms with Gasteiger partial charge >= 0.3 is 6.03 Å². The first kappa shape index (κ1) is 16.8. The smallest absolute Gasteiger partial charge is 0.315 e. The largest absolute Gasteiger partial charge is 0.336 e. The lowest BCUT2D eigenvalue weighted by molar-refractivity contribution is 0.233. The van der Waals surface area contributed by atoms with Crippen LogP contribution in [-0.2, 0) is 9.84 Å². The highest BCUT2D eigenvalue weighted by Crippen LogP contribution is 2.00. The molecule has 2 atom stereocenters. The normalized spacial score (nSPS) is 14.7. The van der Waals surface area contributed by atoms with Gasteiger partial charge in [-0.2, -0.15) is 0 Å². The maximum absolute atomic E-state index is 11.6. The van der Waals surface area contributed by atoms with E-state index < -0.39 is 9.84 Å². The van der Waals surface area contributed by atoms with Crippen LogP contribution in [0.1, 0.15) is 27.2 Å². The third-order valence-corrected chi connectivity index (χ3v) is 3.41. The summed E-state index contributed by atoms with van der Waals surface area (Å²) in [6.45, 7) is 5.58. The molecule has 0 saturated carbocycles. The number of sulfone groups is 1. The number of hydrogen-bond donors (Lipinski definition) is 2. The van der Waals surface area contributed by atoms with E-state index in [2.05, 4.69) is 16.6 Å². The van der Waals surface area contributed by atoms with Crippen LogP contribution in [0.15, 0.2) is 0 Å². The minimum Gasteiger partial charge on any atom is -0.336 e. The minimum atomic E-state index is -3.00. The zero-order chi connectivity index (χ0) is 14.3. The number of rotatable bonds is 6. The maximum atomic E-state index is 11.6. The predicted molar refractivity (Wildman–Crippen MR) is 72.9 cm³/mol. The first-order valence-corrected chi connectivity index (χ1v) is 7.92. The lowest BCUT2D eigenvalue weighted by Crippen LogP contribution is -2.47. The summed E-state index contributed by atoms with van der Waals surface area (Å²) < 4.78 is 22.0. The van der Waals surface area contributed by atoms with Crippen molar-refractivity contribution in [3.8, 4) is 12.3 Å². The zero-order valence-electron chi connectivity index (χ0n) is 11.4. The molecule has 104 valence electrons. The molecule has 2 N–H and O–H groups in total. The van der Waals surface area contributed by atoms with Gasteiger partial charge in [0.25, 0.3) is 0 Å². The summed E-state index contributed by atoms with van der Waals surface area (Å²) in [5.41, 5.74) is 0. The molecule has 0 aliphatic rings. The lowest BCUT2D eigenvalue weighted by Gasteiger charge is -2.19. The molecule has 0 fully saturated rings. The molecule has 0 unspecified atom stereocenters. The standard InChI is InChI=1S/C12H22N2O3S/c1-6-11(9(2)3)14-12(15)13-10(4)7-8-18(5,16)17/h1,9-11H,7-8H2,2-5H3,(H2,13,14,15)/t10-,11-/m0/s1. The van der Waals surface area contributed by atoms with Gasteiger partial charge < -0.3 is 10.6 Å². The van der Waals surface area contributed by atoms with E-state index in [9.17, 15) is 13.2 Å². The summed E-state index contributed by atoms with van der Waals surface area (Å²) in [4.78, 5) is 11.6. The molecule has 0 heterocycles. The molecular formula is C12H22N2O3S. The fourth-order valence-corrected chi connectivity index (χ4v) is 2.05. The molecule has 0 aliphatic carbocycles. The molecular weight excluding hydrogens is 252 g/mol. The summed E-state index contributed by atoms with van der Waals surface area (Å²) in [6, 6.07) is -0.912.